The molecule has 15 heavy (non-hydrogen) atoms. The summed E-state index contributed by atoms with van der Waals surface area (Å²) in [5.74, 6) is 1.61. The third-order valence-corrected chi connectivity index (χ3v) is 3.84. The smallest absolute Gasteiger partial charge is 0.0484 e. The molecule has 2 N–H and O–H groups in total. The summed E-state index contributed by atoms with van der Waals surface area (Å²) in [6.07, 6.45) is 8.40. The molecule has 2 heteroatoms. The molecule has 0 spiro atoms. The quantitative estimate of drug-likeness (QED) is 0.711. The summed E-state index contributed by atoms with van der Waals surface area (Å²) in [6, 6.07) is 4.42. The minimum atomic E-state index is 0.220. The van der Waals surface area contributed by atoms with Gasteiger partial charge in [0.1, 0.15) is 0 Å². The molecule has 80 valence electrons. The van der Waals surface area contributed by atoms with Crippen LogP contribution in [0.1, 0.15) is 55.3 Å². The zero-order chi connectivity index (χ0) is 10.3. The van der Waals surface area contributed by atoms with Gasteiger partial charge in [0.2, 0.25) is 0 Å². The van der Waals surface area contributed by atoms with Gasteiger partial charge in [0, 0.05) is 23.9 Å². The average molecular weight is 202 g/mol. The van der Waals surface area contributed by atoms with Crippen molar-refractivity contribution in [2.75, 3.05) is 0 Å². The first kappa shape index (κ1) is 9.34. The van der Waals surface area contributed by atoms with Crippen molar-refractivity contribution >= 4 is 0 Å². The molecule has 1 saturated carbocycles. The van der Waals surface area contributed by atoms with Gasteiger partial charge in [0.05, 0.1) is 0 Å². The van der Waals surface area contributed by atoms with Gasteiger partial charge in [-0.05, 0) is 43.2 Å². The van der Waals surface area contributed by atoms with E-state index in [1.165, 1.54) is 36.9 Å². The molecule has 1 heterocycles. The maximum Gasteiger partial charge on any atom is 0.0484 e. The maximum absolute atomic E-state index is 6.19. The number of nitrogens with two attached hydrogens (primary N) is 1. The molecule has 1 aromatic heterocycles. The Balaban J connectivity index is 2.02. The van der Waals surface area contributed by atoms with Gasteiger partial charge in [0.25, 0.3) is 0 Å². The number of pyridine rings is 1. The van der Waals surface area contributed by atoms with Gasteiger partial charge in [0.15, 0.2) is 0 Å². The number of nitrogens with zero attached hydrogens (tertiary/aromatic N) is 1. The van der Waals surface area contributed by atoms with Crippen LogP contribution in [0.4, 0.5) is 0 Å². The van der Waals surface area contributed by atoms with E-state index in [0.717, 1.165) is 12.3 Å². The summed E-state index contributed by atoms with van der Waals surface area (Å²) < 4.78 is 0. The van der Waals surface area contributed by atoms with Crippen LogP contribution in [-0.4, -0.2) is 4.98 Å². The molecular formula is C13H18N2. The van der Waals surface area contributed by atoms with Crippen molar-refractivity contribution in [3.05, 3.63) is 29.6 Å². The maximum atomic E-state index is 6.19. The zero-order valence-electron chi connectivity index (χ0n) is 9.02. The summed E-state index contributed by atoms with van der Waals surface area (Å²) >= 11 is 0. The van der Waals surface area contributed by atoms with Crippen molar-refractivity contribution in [3.63, 3.8) is 0 Å². The van der Waals surface area contributed by atoms with Crippen LogP contribution in [0.5, 0.6) is 0 Å². The number of rotatable bonds is 1. The van der Waals surface area contributed by atoms with Gasteiger partial charge in [-0.15, -0.1) is 0 Å². The highest BCUT2D eigenvalue weighted by Gasteiger charge is 2.35. The van der Waals surface area contributed by atoms with E-state index in [1.54, 1.807) is 0 Å². The lowest BCUT2D eigenvalue weighted by Crippen LogP contribution is -2.12. The zero-order valence-corrected chi connectivity index (χ0v) is 9.02. The molecule has 1 fully saturated rings. The Labute approximate surface area is 90.9 Å². The number of hydrogen-bond acceptors (Lipinski definition) is 2. The second-order valence-corrected chi connectivity index (χ2v) is 4.96. The van der Waals surface area contributed by atoms with Gasteiger partial charge < -0.3 is 5.73 Å². The van der Waals surface area contributed by atoms with Crippen molar-refractivity contribution < 1.29 is 0 Å². The van der Waals surface area contributed by atoms with Gasteiger partial charge in [-0.1, -0.05) is 12.5 Å². The van der Waals surface area contributed by atoms with Crippen LogP contribution in [0.25, 0.3) is 0 Å². The van der Waals surface area contributed by atoms with Crippen LogP contribution in [-0.2, 0) is 0 Å². The Bertz CT molecular complexity index is 357. The molecule has 0 aromatic carbocycles. The van der Waals surface area contributed by atoms with Gasteiger partial charge in [-0.25, -0.2) is 0 Å². The van der Waals surface area contributed by atoms with E-state index >= 15 is 0 Å². The largest absolute Gasteiger partial charge is 0.324 e. The van der Waals surface area contributed by atoms with E-state index in [-0.39, 0.29) is 6.04 Å². The lowest BCUT2D eigenvalue weighted by atomic mass is 9.93. The fourth-order valence-corrected chi connectivity index (χ4v) is 2.86. The van der Waals surface area contributed by atoms with Crippen LogP contribution in [0.15, 0.2) is 18.3 Å². The molecule has 2 nitrogen and oxygen atoms in total. The van der Waals surface area contributed by atoms with Crippen molar-refractivity contribution in [2.45, 2.75) is 44.1 Å². The topological polar surface area (TPSA) is 38.9 Å². The first-order valence-electron chi connectivity index (χ1n) is 6.06. The fraction of sp³-hybridized carbons (Fsp3) is 0.615. The lowest BCUT2D eigenvalue weighted by molar-refractivity contribution is 0.521. The monoisotopic (exact) mass is 202 g/mol. The number of aromatic nitrogens is 1. The molecule has 2 aliphatic rings. The average Bonchev–Trinajstić information content (AvgIpc) is 3.07. The first-order chi connectivity index (χ1) is 7.36. The summed E-state index contributed by atoms with van der Waals surface area (Å²) in [7, 11) is 0. The van der Waals surface area contributed by atoms with E-state index in [9.17, 15) is 0 Å². The van der Waals surface area contributed by atoms with E-state index in [0.29, 0.717) is 5.92 Å². The van der Waals surface area contributed by atoms with Crippen molar-refractivity contribution in [1.29, 1.82) is 0 Å². The van der Waals surface area contributed by atoms with Crippen molar-refractivity contribution in [1.82, 2.24) is 4.98 Å². The number of fused-ring (bicyclic) bond motifs is 1. The molecule has 2 unspecified atom stereocenters. The van der Waals surface area contributed by atoms with Crippen LogP contribution < -0.4 is 5.73 Å². The molecule has 1 aromatic rings. The van der Waals surface area contributed by atoms with Crippen LogP contribution >= 0.6 is 0 Å². The molecule has 2 aliphatic carbocycles. The molecule has 0 saturated heterocycles. The normalized spacial score (nSPS) is 30.7. The Kier molecular flexibility index (Phi) is 2.24. The molecule has 2 atom stereocenters. The molecule has 0 amide bonds. The highest BCUT2D eigenvalue weighted by molar-refractivity contribution is 5.29. The summed E-state index contributed by atoms with van der Waals surface area (Å²) in [4.78, 5) is 4.59. The Morgan fingerprint density at radius 3 is 2.87 bits per heavy atom. The van der Waals surface area contributed by atoms with E-state index in [1.807, 2.05) is 12.3 Å². The van der Waals surface area contributed by atoms with E-state index in [4.69, 9.17) is 5.73 Å². The predicted molar refractivity (Wildman–Crippen MR) is 60.5 cm³/mol. The lowest BCUT2D eigenvalue weighted by Gasteiger charge is -2.16. The Morgan fingerprint density at radius 2 is 2.07 bits per heavy atom. The SMILES string of the molecule is NC1CCCC(C2CC2)c2ncccc21. The minimum Gasteiger partial charge on any atom is -0.324 e. The Hall–Kier alpha value is -0.890. The van der Waals surface area contributed by atoms with Crippen LogP contribution in [0, 0.1) is 5.92 Å². The Morgan fingerprint density at radius 1 is 1.20 bits per heavy atom. The van der Waals surface area contributed by atoms with Gasteiger partial charge in [-0.2, -0.15) is 0 Å². The second kappa shape index (κ2) is 3.60. The standard InChI is InChI=1S/C13H18N2/c14-12-5-1-3-10(9-6-7-9)13-11(12)4-2-8-15-13/h2,4,8-10,12H,1,3,5-7,14H2. The summed E-state index contributed by atoms with van der Waals surface area (Å²) in [5.41, 5.74) is 8.81. The molecule has 0 bridgehead atoms. The highest BCUT2D eigenvalue weighted by atomic mass is 14.7. The molecule has 0 aliphatic heterocycles. The minimum absolute atomic E-state index is 0.220. The van der Waals surface area contributed by atoms with Crippen LogP contribution in [0.3, 0.4) is 0 Å². The van der Waals surface area contributed by atoms with Crippen molar-refractivity contribution in [3.8, 4) is 0 Å². The fourth-order valence-electron chi connectivity index (χ4n) is 2.86. The summed E-state index contributed by atoms with van der Waals surface area (Å²) in [6.45, 7) is 0. The van der Waals surface area contributed by atoms with Gasteiger partial charge in [-0.3, -0.25) is 4.98 Å². The second-order valence-electron chi connectivity index (χ2n) is 4.96. The van der Waals surface area contributed by atoms with Gasteiger partial charge >= 0.3 is 0 Å². The predicted octanol–water partition coefficient (Wildman–Crippen LogP) is 2.76. The van der Waals surface area contributed by atoms with E-state index in [2.05, 4.69) is 11.1 Å². The molecule has 3 rings (SSSR count). The molecule has 0 radical (unpaired) electrons. The molecular weight excluding hydrogens is 184 g/mol. The van der Waals surface area contributed by atoms with E-state index < -0.39 is 0 Å². The third kappa shape index (κ3) is 1.67. The summed E-state index contributed by atoms with van der Waals surface area (Å²) in [5, 5.41) is 0. The first-order valence-corrected chi connectivity index (χ1v) is 6.06. The van der Waals surface area contributed by atoms with Crippen molar-refractivity contribution in [2.24, 2.45) is 11.7 Å². The number of hydrogen-bond donors (Lipinski definition) is 1. The van der Waals surface area contributed by atoms with Crippen LogP contribution in [0.2, 0.25) is 0 Å². The third-order valence-electron chi connectivity index (χ3n) is 3.84. The highest BCUT2D eigenvalue weighted by Crippen LogP contribution is 2.47.